The zero-order valence-electron chi connectivity index (χ0n) is 20.0. The van der Waals surface area contributed by atoms with Crippen molar-refractivity contribution in [3.05, 3.63) is 78.2 Å². The van der Waals surface area contributed by atoms with Gasteiger partial charge < -0.3 is 15.4 Å². The molecule has 2 aromatic heterocycles. The first kappa shape index (κ1) is 23.9. The molecule has 4 rings (SSSR count). The van der Waals surface area contributed by atoms with Gasteiger partial charge in [-0.2, -0.15) is 0 Å². The third-order valence-corrected chi connectivity index (χ3v) is 5.77. The van der Waals surface area contributed by atoms with Crippen LogP contribution in [0.1, 0.15) is 37.8 Å². The Morgan fingerprint density at radius 3 is 2.34 bits per heavy atom. The number of fused-ring (bicyclic) bond motifs is 1. The predicted molar refractivity (Wildman–Crippen MR) is 135 cm³/mol. The number of benzene rings is 2. The minimum Gasteiger partial charge on any atom is -0.494 e. The number of primary amides is 1. The molecule has 2 heterocycles. The normalized spacial score (nSPS) is 10.9. The van der Waals surface area contributed by atoms with Gasteiger partial charge in [0.05, 0.1) is 25.0 Å². The van der Waals surface area contributed by atoms with Gasteiger partial charge in [-0.25, -0.2) is 9.97 Å². The lowest BCUT2D eigenvalue weighted by Crippen LogP contribution is -2.31. The van der Waals surface area contributed by atoms with Crippen molar-refractivity contribution < 1.29 is 14.3 Å². The van der Waals surface area contributed by atoms with Crippen LogP contribution in [-0.2, 0) is 22.6 Å². The lowest BCUT2D eigenvalue weighted by Gasteiger charge is -2.23. The van der Waals surface area contributed by atoms with E-state index in [2.05, 4.69) is 29.0 Å². The van der Waals surface area contributed by atoms with Crippen molar-refractivity contribution in [1.29, 1.82) is 0 Å². The molecule has 0 aliphatic carbocycles. The zero-order chi connectivity index (χ0) is 24.8. The van der Waals surface area contributed by atoms with Crippen LogP contribution >= 0.6 is 0 Å². The van der Waals surface area contributed by atoms with Gasteiger partial charge in [0.25, 0.3) is 0 Å². The van der Waals surface area contributed by atoms with Crippen molar-refractivity contribution in [1.82, 2.24) is 14.5 Å². The third-order valence-electron chi connectivity index (χ3n) is 5.77. The number of rotatable bonds is 10. The predicted octanol–water partition coefficient (Wildman–Crippen LogP) is 4.18. The summed E-state index contributed by atoms with van der Waals surface area (Å²) < 4.78 is 7.41. The summed E-state index contributed by atoms with van der Waals surface area (Å²) in [7, 11) is 0. The summed E-state index contributed by atoms with van der Waals surface area (Å²) in [5, 5.41) is 0. The Balaban J connectivity index is 1.64. The summed E-state index contributed by atoms with van der Waals surface area (Å²) in [4.78, 5) is 35.1. The summed E-state index contributed by atoms with van der Waals surface area (Å²) >= 11 is 0. The topological polar surface area (TPSA) is 103 Å². The zero-order valence-corrected chi connectivity index (χ0v) is 20.0. The Labute approximate surface area is 204 Å². The van der Waals surface area contributed by atoms with Crippen LogP contribution in [0.25, 0.3) is 16.9 Å². The number of aromatic nitrogens is 3. The fourth-order valence-corrected chi connectivity index (χ4v) is 3.85. The van der Waals surface area contributed by atoms with Gasteiger partial charge in [0.1, 0.15) is 17.6 Å². The van der Waals surface area contributed by atoms with E-state index < -0.39 is 5.91 Å². The molecule has 2 amide bonds. The van der Waals surface area contributed by atoms with Crippen molar-refractivity contribution >= 4 is 28.7 Å². The van der Waals surface area contributed by atoms with Crippen molar-refractivity contribution in [2.24, 2.45) is 5.73 Å². The van der Waals surface area contributed by atoms with E-state index in [9.17, 15) is 9.59 Å². The number of carbonyl (C=O) groups is 2. The summed E-state index contributed by atoms with van der Waals surface area (Å²) in [6.45, 7) is 5.01. The molecule has 4 aromatic rings. The maximum Gasteiger partial charge on any atom is 0.227 e. The molecule has 0 spiro atoms. The second kappa shape index (κ2) is 10.8. The van der Waals surface area contributed by atoms with E-state index in [0.717, 1.165) is 23.4 Å². The maximum absolute atomic E-state index is 13.1. The average Bonchev–Trinajstić information content (AvgIpc) is 3.30. The second-order valence-corrected chi connectivity index (χ2v) is 8.19. The van der Waals surface area contributed by atoms with Crippen LogP contribution in [0.3, 0.4) is 0 Å². The van der Waals surface area contributed by atoms with Gasteiger partial charge in [-0.3, -0.25) is 14.2 Å². The highest BCUT2D eigenvalue weighted by Gasteiger charge is 2.19. The second-order valence-electron chi connectivity index (χ2n) is 8.19. The molecule has 0 saturated carbocycles. The smallest absolute Gasteiger partial charge is 0.227 e. The lowest BCUT2D eigenvalue weighted by molar-refractivity contribution is -0.123. The number of carbonyl (C=O) groups excluding carboxylic acids is 2. The number of ether oxygens (including phenoxy) is 1. The molecule has 0 saturated heterocycles. The van der Waals surface area contributed by atoms with Gasteiger partial charge in [0, 0.05) is 18.5 Å². The molecule has 0 aliphatic heterocycles. The van der Waals surface area contributed by atoms with Gasteiger partial charge in [-0.05, 0) is 54.8 Å². The number of anilines is 1. The monoisotopic (exact) mass is 471 g/mol. The van der Waals surface area contributed by atoms with Crippen molar-refractivity contribution in [2.75, 3.05) is 11.5 Å². The number of amides is 2. The van der Waals surface area contributed by atoms with Crippen LogP contribution in [0, 0.1) is 0 Å². The molecule has 0 bridgehead atoms. The molecule has 0 fully saturated rings. The summed E-state index contributed by atoms with van der Waals surface area (Å²) in [5.41, 5.74) is 10.3. The molecule has 35 heavy (non-hydrogen) atoms. The molecule has 180 valence electrons. The van der Waals surface area contributed by atoms with Gasteiger partial charge in [-0.15, -0.1) is 0 Å². The Morgan fingerprint density at radius 1 is 0.971 bits per heavy atom. The molecule has 2 aromatic carbocycles. The van der Waals surface area contributed by atoms with Gasteiger partial charge in [0.2, 0.25) is 11.8 Å². The summed E-state index contributed by atoms with van der Waals surface area (Å²) in [5.74, 6) is 0.0942. The Bertz CT molecular complexity index is 1310. The maximum atomic E-state index is 13.1. The Morgan fingerprint density at radius 2 is 1.69 bits per heavy atom. The fraction of sp³-hybridized carbons (Fsp3) is 0.259. The van der Waals surface area contributed by atoms with Crippen LogP contribution in [0.5, 0.6) is 5.75 Å². The highest BCUT2D eigenvalue weighted by atomic mass is 16.5. The van der Waals surface area contributed by atoms with E-state index in [-0.39, 0.29) is 18.7 Å². The first-order valence-corrected chi connectivity index (χ1v) is 11.7. The van der Waals surface area contributed by atoms with E-state index >= 15 is 0 Å². The van der Waals surface area contributed by atoms with Crippen LogP contribution < -0.4 is 15.4 Å². The van der Waals surface area contributed by atoms with Crippen LogP contribution in [0.2, 0.25) is 0 Å². The van der Waals surface area contributed by atoms with Crippen LogP contribution in [0.15, 0.2) is 67.1 Å². The number of aryl methyl sites for hydroxylation is 1. The molecule has 0 radical (unpaired) electrons. The summed E-state index contributed by atoms with van der Waals surface area (Å²) in [6, 6.07) is 17.7. The lowest BCUT2D eigenvalue weighted by atomic mass is 10.1. The Kier molecular flexibility index (Phi) is 7.40. The number of nitrogens with zero attached hydrogens (tertiary/aromatic N) is 4. The molecule has 8 heteroatoms. The van der Waals surface area contributed by atoms with Crippen molar-refractivity contribution in [3.63, 3.8) is 0 Å². The van der Waals surface area contributed by atoms with Crippen molar-refractivity contribution in [2.45, 2.75) is 39.7 Å². The van der Waals surface area contributed by atoms with Gasteiger partial charge >= 0.3 is 0 Å². The number of nitrogens with two attached hydrogens (primary N) is 1. The standard InChI is InChI=1S/C27H29N5O3/c1-3-19-5-7-20(8-6-19)17-31(26(34)14-13-25(28)33)22-15-24-27(29-16-22)32(18-30-24)21-9-11-23(12-10-21)35-4-2/h5-12,15-16,18H,3-4,13-14,17H2,1-2H3,(H2,28,33). The van der Waals surface area contributed by atoms with Crippen LogP contribution in [0.4, 0.5) is 5.69 Å². The number of pyridine rings is 1. The first-order chi connectivity index (χ1) is 17.0. The van der Waals surface area contributed by atoms with E-state index in [1.165, 1.54) is 5.56 Å². The summed E-state index contributed by atoms with van der Waals surface area (Å²) in [6.07, 6.45) is 4.34. The SMILES string of the molecule is CCOc1ccc(-n2cnc3cc(N(Cc4ccc(CC)cc4)C(=O)CCC(N)=O)cnc32)cc1. The number of hydrogen-bond donors (Lipinski definition) is 1. The molecular weight excluding hydrogens is 442 g/mol. The average molecular weight is 472 g/mol. The van der Waals surface area contributed by atoms with Crippen molar-refractivity contribution in [3.8, 4) is 11.4 Å². The number of hydrogen-bond acceptors (Lipinski definition) is 5. The minimum absolute atomic E-state index is 0.00779. The molecule has 2 N–H and O–H groups in total. The van der Waals surface area contributed by atoms with E-state index in [0.29, 0.717) is 30.0 Å². The van der Waals surface area contributed by atoms with E-state index in [1.54, 1.807) is 17.4 Å². The van der Waals surface area contributed by atoms with E-state index in [4.69, 9.17) is 10.5 Å². The van der Waals surface area contributed by atoms with Gasteiger partial charge in [0.15, 0.2) is 5.65 Å². The highest BCUT2D eigenvalue weighted by Crippen LogP contribution is 2.25. The number of imidazole rings is 1. The molecule has 8 nitrogen and oxygen atoms in total. The minimum atomic E-state index is -0.506. The molecular formula is C27H29N5O3. The quantitative estimate of drug-likeness (QED) is 0.374. The Hall–Kier alpha value is -4.20. The van der Waals surface area contributed by atoms with Crippen LogP contribution in [-0.4, -0.2) is 33.0 Å². The highest BCUT2D eigenvalue weighted by molar-refractivity contribution is 5.96. The fourth-order valence-electron chi connectivity index (χ4n) is 3.85. The molecule has 0 aliphatic rings. The van der Waals surface area contributed by atoms with E-state index in [1.807, 2.05) is 54.0 Å². The first-order valence-electron chi connectivity index (χ1n) is 11.7. The molecule has 0 atom stereocenters. The molecule has 0 unspecified atom stereocenters. The third kappa shape index (κ3) is 5.66. The largest absolute Gasteiger partial charge is 0.494 e. The van der Waals surface area contributed by atoms with Gasteiger partial charge in [-0.1, -0.05) is 31.2 Å².